The first-order chi connectivity index (χ1) is 17.3. The molecule has 4 aromatic rings. The topological polar surface area (TPSA) is 133 Å². The average molecular weight is 509 g/mol. The van der Waals surface area contributed by atoms with Crippen molar-refractivity contribution in [2.24, 2.45) is 0 Å². The number of hydrogen-bond donors (Lipinski definition) is 4. The summed E-state index contributed by atoms with van der Waals surface area (Å²) in [6.45, 7) is 3.88. The van der Waals surface area contributed by atoms with E-state index in [-0.39, 0.29) is 6.42 Å². The third-order valence-corrected chi connectivity index (χ3v) is 6.42. The van der Waals surface area contributed by atoms with Crippen molar-refractivity contribution < 1.29 is 19.1 Å². The van der Waals surface area contributed by atoms with Gasteiger partial charge < -0.3 is 20.7 Å². The van der Waals surface area contributed by atoms with Gasteiger partial charge in [0.05, 0.1) is 6.54 Å². The molecule has 4 N–H and O–H groups in total. The highest BCUT2D eigenvalue weighted by molar-refractivity contribution is 7.09. The van der Waals surface area contributed by atoms with Gasteiger partial charge in [0, 0.05) is 29.9 Å². The first-order valence-corrected chi connectivity index (χ1v) is 12.1. The number of aliphatic carboxylic acids is 1. The van der Waals surface area contributed by atoms with Gasteiger partial charge >= 0.3 is 5.97 Å². The highest BCUT2D eigenvalue weighted by Gasteiger charge is 2.24. The number of amides is 1. The number of nitrogens with one attached hydrogen (secondary N) is 3. The average Bonchev–Trinajstić information content (AvgIpc) is 3.54. The van der Waals surface area contributed by atoms with Gasteiger partial charge in [-0.15, -0.1) is 0 Å². The minimum atomic E-state index is -1.15. The number of carbonyl (C=O) groups excluding carboxylic acids is 1. The molecule has 0 saturated carbocycles. The summed E-state index contributed by atoms with van der Waals surface area (Å²) in [5.41, 5.74) is 2.91. The number of carboxylic acids is 1. The van der Waals surface area contributed by atoms with E-state index >= 15 is 0 Å². The number of benzene rings is 2. The molecule has 186 valence electrons. The van der Waals surface area contributed by atoms with Gasteiger partial charge in [-0.1, -0.05) is 31.2 Å². The number of halogens is 1. The molecule has 4 rings (SSSR count). The molecular weight excluding hydrogens is 483 g/mol. The number of carbonyl (C=O) groups is 2. The molecule has 1 atom stereocenters. The summed E-state index contributed by atoms with van der Waals surface area (Å²) in [7, 11) is 0. The van der Waals surface area contributed by atoms with Crippen molar-refractivity contribution in [1.29, 1.82) is 0 Å². The second-order valence-electron chi connectivity index (χ2n) is 8.18. The number of carboxylic acid groups (broad SMARTS) is 1. The van der Waals surface area contributed by atoms with Crippen LogP contribution in [0.15, 0.2) is 48.8 Å². The molecule has 2 aromatic heterocycles. The zero-order chi connectivity index (χ0) is 25.7. The summed E-state index contributed by atoms with van der Waals surface area (Å²) in [6, 6.07) is 8.75. The molecule has 0 aliphatic carbocycles. The Balaban J connectivity index is 1.42. The number of hydrogen-bond acceptors (Lipinski definition) is 7. The van der Waals surface area contributed by atoms with Crippen molar-refractivity contribution in [3.8, 4) is 10.6 Å². The Morgan fingerprint density at radius 2 is 2.00 bits per heavy atom. The van der Waals surface area contributed by atoms with Gasteiger partial charge in [0.15, 0.2) is 11.8 Å². The van der Waals surface area contributed by atoms with Gasteiger partial charge in [0.25, 0.3) is 5.91 Å². The summed E-state index contributed by atoms with van der Waals surface area (Å²) in [5, 5.41) is 16.1. The normalized spacial score (nSPS) is 11.8. The van der Waals surface area contributed by atoms with E-state index in [0.717, 1.165) is 16.1 Å². The molecular formula is C25H25FN6O3S. The van der Waals surface area contributed by atoms with Crippen LogP contribution in [0.25, 0.3) is 10.6 Å². The van der Waals surface area contributed by atoms with Crippen LogP contribution >= 0.6 is 11.5 Å². The van der Waals surface area contributed by atoms with Crippen LogP contribution in [0.1, 0.15) is 39.8 Å². The lowest BCUT2D eigenvalue weighted by molar-refractivity contribution is -0.139. The van der Waals surface area contributed by atoms with Crippen LogP contribution in [0.3, 0.4) is 0 Å². The van der Waals surface area contributed by atoms with E-state index in [2.05, 4.69) is 30.0 Å². The molecule has 11 heteroatoms. The molecule has 0 spiro atoms. The largest absolute Gasteiger partial charge is 0.480 e. The third-order valence-electron chi connectivity index (χ3n) is 5.61. The summed E-state index contributed by atoms with van der Waals surface area (Å²) >= 11 is 1.27. The monoisotopic (exact) mass is 508 g/mol. The smallest absolute Gasteiger partial charge is 0.326 e. The van der Waals surface area contributed by atoms with E-state index in [0.29, 0.717) is 41.4 Å². The molecule has 2 aromatic carbocycles. The van der Waals surface area contributed by atoms with Gasteiger partial charge in [0.2, 0.25) is 0 Å². The second-order valence-corrected chi connectivity index (χ2v) is 8.93. The highest BCUT2D eigenvalue weighted by Crippen LogP contribution is 2.23. The standard InChI is InChI=1S/C25H25FN6O3S/c1-3-16-12-18(26)10-14(2)21(16)22(33)30-19(24(34)35)11-15-4-6-17(7-5-15)23-31-20(32-36-23)13-29-25-27-8-9-28-25/h4-10,12,19H,3,11,13H2,1-2H3,(H,30,33)(H,34,35)(H2,27,28,29). The lowest BCUT2D eigenvalue weighted by Gasteiger charge is -2.17. The third kappa shape index (κ3) is 5.92. The Morgan fingerprint density at radius 3 is 2.67 bits per heavy atom. The van der Waals surface area contributed by atoms with Crippen LogP contribution in [-0.2, 0) is 24.2 Å². The Bertz CT molecular complexity index is 1350. The van der Waals surface area contributed by atoms with Gasteiger partial charge in [0.1, 0.15) is 16.9 Å². The fourth-order valence-corrected chi connectivity index (χ4v) is 4.52. The predicted molar refractivity (Wildman–Crippen MR) is 134 cm³/mol. The van der Waals surface area contributed by atoms with Gasteiger partial charge in [-0.25, -0.2) is 19.2 Å². The van der Waals surface area contributed by atoms with E-state index < -0.39 is 23.7 Å². The highest BCUT2D eigenvalue weighted by atomic mass is 32.1. The van der Waals surface area contributed by atoms with Crippen molar-refractivity contribution in [2.75, 3.05) is 5.32 Å². The Hall–Kier alpha value is -4.12. The van der Waals surface area contributed by atoms with E-state index in [1.54, 1.807) is 31.5 Å². The van der Waals surface area contributed by atoms with Gasteiger partial charge in [-0.2, -0.15) is 4.37 Å². The summed E-state index contributed by atoms with van der Waals surface area (Å²) in [4.78, 5) is 36.4. The van der Waals surface area contributed by atoms with E-state index in [1.807, 2.05) is 19.1 Å². The van der Waals surface area contributed by atoms with E-state index in [4.69, 9.17) is 0 Å². The Kier molecular flexibility index (Phi) is 7.69. The molecule has 1 amide bonds. The molecule has 36 heavy (non-hydrogen) atoms. The lowest BCUT2D eigenvalue weighted by atomic mass is 9.98. The number of aromatic nitrogens is 4. The number of rotatable bonds is 10. The molecule has 0 radical (unpaired) electrons. The maximum Gasteiger partial charge on any atom is 0.326 e. The van der Waals surface area contributed by atoms with Crippen molar-refractivity contribution in [3.05, 3.63) is 82.7 Å². The first kappa shape index (κ1) is 25.0. The molecule has 1 unspecified atom stereocenters. The fourth-order valence-electron chi connectivity index (χ4n) is 3.83. The van der Waals surface area contributed by atoms with Crippen LogP contribution in [0, 0.1) is 12.7 Å². The van der Waals surface area contributed by atoms with Crippen LogP contribution < -0.4 is 10.6 Å². The number of aryl methyl sites for hydroxylation is 2. The van der Waals surface area contributed by atoms with Crippen molar-refractivity contribution in [1.82, 2.24) is 24.6 Å². The number of nitrogens with zero attached hydrogens (tertiary/aromatic N) is 3. The minimum absolute atomic E-state index is 0.0947. The molecule has 0 fully saturated rings. The van der Waals surface area contributed by atoms with Crippen molar-refractivity contribution in [2.45, 2.75) is 39.3 Å². The maximum atomic E-state index is 13.7. The zero-order valence-electron chi connectivity index (χ0n) is 19.7. The van der Waals surface area contributed by atoms with E-state index in [9.17, 15) is 19.1 Å². The molecule has 2 heterocycles. The van der Waals surface area contributed by atoms with Crippen molar-refractivity contribution >= 4 is 29.4 Å². The summed E-state index contributed by atoms with van der Waals surface area (Å²) in [6.07, 6.45) is 3.91. The molecule has 0 aliphatic rings. The Labute approximate surface area is 211 Å². The van der Waals surface area contributed by atoms with Crippen LogP contribution in [0.5, 0.6) is 0 Å². The molecule has 0 aliphatic heterocycles. The summed E-state index contributed by atoms with van der Waals surface area (Å²) < 4.78 is 18.1. The van der Waals surface area contributed by atoms with E-state index in [1.165, 1.54) is 23.7 Å². The predicted octanol–water partition coefficient (Wildman–Crippen LogP) is 3.98. The van der Waals surface area contributed by atoms with Gasteiger partial charge in [-0.05, 0) is 53.7 Å². The second kappa shape index (κ2) is 11.1. The number of aromatic amines is 1. The quantitative estimate of drug-likeness (QED) is 0.255. The fraction of sp³-hybridized carbons (Fsp3) is 0.240. The van der Waals surface area contributed by atoms with Crippen LogP contribution in [0.4, 0.5) is 10.3 Å². The number of anilines is 1. The summed E-state index contributed by atoms with van der Waals surface area (Å²) in [5.74, 6) is -0.837. The van der Waals surface area contributed by atoms with Crippen LogP contribution in [-0.4, -0.2) is 42.4 Å². The molecule has 0 saturated heterocycles. The maximum absolute atomic E-state index is 13.7. The van der Waals surface area contributed by atoms with Crippen LogP contribution in [0.2, 0.25) is 0 Å². The Morgan fingerprint density at radius 1 is 1.22 bits per heavy atom. The van der Waals surface area contributed by atoms with Gasteiger partial charge in [-0.3, -0.25) is 4.79 Å². The first-order valence-electron chi connectivity index (χ1n) is 11.3. The molecule has 0 bridgehead atoms. The number of H-pyrrole nitrogens is 1. The molecule has 9 nitrogen and oxygen atoms in total. The number of imidazole rings is 1. The minimum Gasteiger partial charge on any atom is -0.480 e. The SMILES string of the molecule is CCc1cc(F)cc(C)c1C(=O)NC(Cc1ccc(-c2nc(CNc3ncc[nH]3)ns2)cc1)C(=O)O. The lowest BCUT2D eigenvalue weighted by Crippen LogP contribution is -2.42. The zero-order valence-corrected chi connectivity index (χ0v) is 20.5. The van der Waals surface area contributed by atoms with Crippen molar-refractivity contribution in [3.63, 3.8) is 0 Å².